The SMILES string of the molecule is Cc1cc2cc(C#Cc3cncnc3)ccc2c(-c2ccc3c4c(ccnc24)CCO3)c1C(OC(C)(C)C)C(=O)O. The predicted molar refractivity (Wildman–Crippen MR) is 158 cm³/mol. The zero-order chi connectivity index (χ0) is 28.7. The predicted octanol–water partition coefficient (Wildman–Crippen LogP) is 6.43. The quantitative estimate of drug-likeness (QED) is 0.261. The maximum absolute atomic E-state index is 12.8. The normalized spacial score (nSPS) is 13.4. The van der Waals surface area contributed by atoms with E-state index in [0.29, 0.717) is 12.2 Å². The molecule has 0 fully saturated rings. The van der Waals surface area contributed by atoms with Crippen LogP contribution in [0.25, 0.3) is 32.8 Å². The minimum atomic E-state index is -1.19. The summed E-state index contributed by atoms with van der Waals surface area (Å²) in [6, 6.07) is 13.9. The molecule has 3 heterocycles. The van der Waals surface area contributed by atoms with Crippen molar-refractivity contribution in [1.29, 1.82) is 0 Å². The molecule has 1 aliphatic heterocycles. The number of carboxylic acids is 1. The van der Waals surface area contributed by atoms with E-state index < -0.39 is 17.7 Å². The zero-order valence-electron chi connectivity index (χ0n) is 23.4. The van der Waals surface area contributed by atoms with E-state index in [0.717, 1.165) is 61.7 Å². The van der Waals surface area contributed by atoms with Crippen molar-refractivity contribution in [3.05, 3.63) is 95.2 Å². The van der Waals surface area contributed by atoms with E-state index in [4.69, 9.17) is 14.5 Å². The first kappa shape index (κ1) is 26.4. The van der Waals surface area contributed by atoms with E-state index >= 15 is 0 Å². The molecular weight excluding hydrogens is 514 g/mol. The number of benzene rings is 3. The fourth-order valence-corrected chi connectivity index (χ4v) is 5.47. The van der Waals surface area contributed by atoms with E-state index in [2.05, 4.69) is 21.8 Å². The third-order valence-electron chi connectivity index (χ3n) is 7.10. The Morgan fingerprint density at radius 3 is 2.59 bits per heavy atom. The first-order chi connectivity index (χ1) is 19.7. The second-order valence-corrected chi connectivity index (χ2v) is 11.1. The number of carbonyl (C=O) groups is 1. The number of hydrogen-bond donors (Lipinski definition) is 1. The fraction of sp³-hybridized carbons (Fsp3) is 0.235. The minimum Gasteiger partial charge on any atom is -0.493 e. The summed E-state index contributed by atoms with van der Waals surface area (Å²) in [5, 5.41) is 13.2. The number of ether oxygens (including phenoxy) is 2. The molecule has 1 N–H and O–H groups in total. The number of hydrogen-bond acceptors (Lipinski definition) is 6. The zero-order valence-corrected chi connectivity index (χ0v) is 23.4. The molecule has 7 heteroatoms. The lowest BCUT2D eigenvalue weighted by Crippen LogP contribution is -2.28. The highest BCUT2D eigenvalue weighted by molar-refractivity contribution is 6.09. The van der Waals surface area contributed by atoms with E-state index in [-0.39, 0.29) is 0 Å². The molecule has 0 saturated carbocycles. The number of aliphatic carboxylic acids is 1. The van der Waals surface area contributed by atoms with Gasteiger partial charge in [0.05, 0.1) is 23.3 Å². The van der Waals surface area contributed by atoms with Gasteiger partial charge >= 0.3 is 5.97 Å². The third-order valence-corrected chi connectivity index (χ3v) is 7.10. The molecule has 0 saturated heterocycles. The first-order valence-electron chi connectivity index (χ1n) is 13.5. The molecule has 0 spiro atoms. The van der Waals surface area contributed by atoms with Gasteiger partial charge in [0.2, 0.25) is 0 Å². The van der Waals surface area contributed by atoms with Crippen LogP contribution in [-0.2, 0) is 16.0 Å². The highest BCUT2D eigenvalue weighted by atomic mass is 16.5. The van der Waals surface area contributed by atoms with Crippen LogP contribution in [0.5, 0.6) is 5.75 Å². The number of rotatable bonds is 4. The van der Waals surface area contributed by atoms with E-state index in [9.17, 15) is 9.90 Å². The largest absolute Gasteiger partial charge is 0.493 e. The van der Waals surface area contributed by atoms with Gasteiger partial charge in [-0.1, -0.05) is 24.0 Å². The molecule has 1 atom stereocenters. The van der Waals surface area contributed by atoms with Crippen LogP contribution in [0, 0.1) is 18.8 Å². The number of aryl methyl sites for hydroxylation is 1. The molecule has 41 heavy (non-hydrogen) atoms. The molecular formula is C34H29N3O4. The summed E-state index contributed by atoms with van der Waals surface area (Å²) >= 11 is 0. The van der Waals surface area contributed by atoms with Crippen molar-refractivity contribution < 1.29 is 19.4 Å². The van der Waals surface area contributed by atoms with Crippen molar-refractivity contribution in [1.82, 2.24) is 15.0 Å². The molecule has 6 rings (SSSR count). The van der Waals surface area contributed by atoms with Crippen molar-refractivity contribution in [2.75, 3.05) is 6.61 Å². The van der Waals surface area contributed by atoms with Crippen LogP contribution < -0.4 is 4.74 Å². The number of carboxylic acid groups (broad SMARTS) is 1. The Balaban J connectivity index is 1.64. The van der Waals surface area contributed by atoms with Crippen molar-refractivity contribution in [3.63, 3.8) is 0 Å². The van der Waals surface area contributed by atoms with Gasteiger partial charge in [-0.25, -0.2) is 14.8 Å². The van der Waals surface area contributed by atoms with Crippen LogP contribution in [0.15, 0.2) is 67.4 Å². The Hall–Kier alpha value is -4.80. The molecule has 0 bridgehead atoms. The van der Waals surface area contributed by atoms with Crippen LogP contribution in [0.1, 0.15) is 54.7 Å². The Bertz CT molecular complexity index is 1870. The lowest BCUT2D eigenvalue weighted by Gasteiger charge is -2.29. The number of fused-ring (bicyclic) bond motifs is 1. The Morgan fingerprint density at radius 1 is 1.05 bits per heavy atom. The van der Waals surface area contributed by atoms with Crippen molar-refractivity contribution in [2.45, 2.75) is 45.8 Å². The summed E-state index contributed by atoms with van der Waals surface area (Å²) in [6.45, 7) is 8.14. The third kappa shape index (κ3) is 5.10. The van der Waals surface area contributed by atoms with Gasteiger partial charge in [0.1, 0.15) is 12.1 Å². The van der Waals surface area contributed by atoms with Crippen molar-refractivity contribution in [2.24, 2.45) is 0 Å². The molecule has 1 aliphatic rings. The lowest BCUT2D eigenvalue weighted by molar-refractivity contribution is -0.160. The van der Waals surface area contributed by atoms with Gasteiger partial charge in [0.25, 0.3) is 0 Å². The van der Waals surface area contributed by atoms with Gasteiger partial charge in [0, 0.05) is 47.1 Å². The standard InChI is InChI=1S/C34H29N3O4/c1-20-15-24-16-21(5-6-22-17-35-19-36-18-22)7-8-25(24)30(28(20)32(33(38)39)41-34(2,3)4)26-9-10-27-29-23(12-14-40-27)11-13-37-31(26)29/h7-11,13,15-19,32H,12,14H2,1-4H3,(H,38,39). The van der Waals surface area contributed by atoms with E-state index in [1.54, 1.807) is 12.4 Å². The summed E-state index contributed by atoms with van der Waals surface area (Å²) < 4.78 is 12.2. The maximum atomic E-state index is 12.8. The maximum Gasteiger partial charge on any atom is 0.337 e. The fourth-order valence-electron chi connectivity index (χ4n) is 5.47. The van der Waals surface area contributed by atoms with Crippen LogP contribution in [0.4, 0.5) is 0 Å². The highest BCUT2D eigenvalue weighted by Crippen LogP contribution is 2.45. The Kier molecular flexibility index (Phi) is 6.64. The van der Waals surface area contributed by atoms with Gasteiger partial charge in [0.15, 0.2) is 6.10 Å². The Labute approximate surface area is 238 Å². The van der Waals surface area contributed by atoms with Gasteiger partial charge in [-0.15, -0.1) is 0 Å². The molecule has 7 nitrogen and oxygen atoms in total. The average molecular weight is 544 g/mol. The summed E-state index contributed by atoms with van der Waals surface area (Å²) in [7, 11) is 0. The average Bonchev–Trinajstić information content (AvgIpc) is 2.95. The van der Waals surface area contributed by atoms with Gasteiger partial charge in [-0.05, 0) is 85.5 Å². The van der Waals surface area contributed by atoms with Gasteiger partial charge in [-0.3, -0.25) is 4.98 Å². The second-order valence-electron chi connectivity index (χ2n) is 11.1. The lowest BCUT2D eigenvalue weighted by atomic mass is 9.85. The van der Waals surface area contributed by atoms with Crippen molar-refractivity contribution >= 4 is 27.6 Å². The monoisotopic (exact) mass is 543 g/mol. The second kappa shape index (κ2) is 10.3. The molecule has 0 amide bonds. The van der Waals surface area contributed by atoms with Crippen LogP contribution in [0.3, 0.4) is 0 Å². The number of nitrogens with zero attached hydrogens (tertiary/aromatic N) is 3. The summed E-state index contributed by atoms with van der Waals surface area (Å²) in [5.74, 6) is 6.06. The molecule has 3 aromatic carbocycles. The molecule has 5 aromatic rings. The van der Waals surface area contributed by atoms with Crippen molar-refractivity contribution in [3.8, 4) is 28.7 Å². The molecule has 0 aliphatic carbocycles. The number of pyridine rings is 1. The van der Waals surface area contributed by atoms with E-state index in [1.165, 1.54) is 11.9 Å². The summed E-state index contributed by atoms with van der Waals surface area (Å²) in [6.07, 6.45) is 6.23. The smallest absolute Gasteiger partial charge is 0.337 e. The van der Waals surface area contributed by atoms with Gasteiger partial charge < -0.3 is 14.6 Å². The molecule has 0 radical (unpaired) electrons. The number of aromatic nitrogens is 3. The van der Waals surface area contributed by atoms with Crippen LogP contribution >= 0.6 is 0 Å². The topological polar surface area (TPSA) is 94.4 Å². The van der Waals surface area contributed by atoms with Gasteiger partial charge in [-0.2, -0.15) is 0 Å². The minimum absolute atomic E-state index is 0.611. The highest BCUT2D eigenvalue weighted by Gasteiger charge is 2.32. The summed E-state index contributed by atoms with van der Waals surface area (Å²) in [4.78, 5) is 25.6. The molecule has 1 unspecified atom stereocenters. The first-order valence-corrected chi connectivity index (χ1v) is 13.5. The van der Waals surface area contributed by atoms with E-state index in [1.807, 2.05) is 76.4 Å². The van der Waals surface area contributed by atoms with Crippen LogP contribution in [0.2, 0.25) is 0 Å². The molecule has 204 valence electrons. The summed E-state index contributed by atoms with van der Waals surface area (Å²) in [5.41, 5.74) is 5.85. The Morgan fingerprint density at radius 2 is 1.83 bits per heavy atom. The molecule has 2 aromatic heterocycles. The van der Waals surface area contributed by atoms with Crippen LogP contribution in [-0.4, -0.2) is 38.2 Å².